The van der Waals surface area contributed by atoms with Crippen LogP contribution in [0.3, 0.4) is 0 Å². The van der Waals surface area contributed by atoms with E-state index in [2.05, 4.69) is 9.97 Å². The number of imidazole rings is 1. The normalized spacial score (nSPS) is 10.5. The van der Waals surface area contributed by atoms with E-state index in [1.54, 1.807) is 49.7 Å². The molecule has 3 aromatic carbocycles. The third kappa shape index (κ3) is 5.16. The van der Waals surface area contributed by atoms with E-state index >= 15 is 0 Å². The zero-order valence-electron chi connectivity index (χ0n) is 16.4. The smallest absolute Gasteiger partial charge is 0.137 e. The van der Waals surface area contributed by atoms with Gasteiger partial charge in [0.25, 0.3) is 0 Å². The molecule has 1 N–H and O–H groups in total. The van der Waals surface area contributed by atoms with Gasteiger partial charge >= 0.3 is 0 Å². The summed E-state index contributed by atoms with van der Waals surface area (Å²) < 4.78 is 38.3. The largest absolute Gasteiger partial charge is 0.496 e. The van der Waals surface area contributed by atoms with Crippen LogP contribution in [0.5, 0.6) is 11.5 Å². The summed E-state index contributed by atoms with van der Waals surface area (Å²) in [6.07, 6.45) is 1.68. The highest BCUT2D eigenvalue weighted by Gasteiger charge is 2.12. The minimum absolute atomic E-state index is 0. The zero-order chi connectivity index (χ0) is 21.1. The van der Waals surface area contributed by atoms with Crippen LogP contribution in [0, 0.1) is 11.6 Å². The highest BCUT2D eigenvalue weighted by Crippen LogP contribution is 2.33. The Balaban J connectivity index is 0.00000272. The Morgan fingerprint density at radius 2 is 1.77 bits per heavy atom. The molecule has 0 amide bonds. The molecule has 0 fully saturated rings. The van der Waals surface area contributed by atoms with Gasteiger partial charge < -0.3 is 14.5 Å². The maximum Gasteiger partial charge on any atom is 0.137 e. The average molecular weight is 463 g/mol. The van der Waals surface area contributed by atoms with E-state index in [1.807, 2.05) is 6.07 Å². The molecule has 0 unspecified atom stereocenters. The highest BCUT2D eigenvalue weighted by atomic mass is 35.5. The molecule has 1 aromatic heterocycles. The molecule has 4 aromatic rings. The molecule has 8 heteroatoms. The predicted molar refractivity (Wildman–Crippen MR) is 119 cm³/mol. The van der Waals surface area contributed by atoms with Gasteiger partial charge in [-0.25, -0.2) is 13.8 Å². The molecule has 0 saturated heterocycles. The molecule has 4 rings (SSSR count). The number of hydrogen-bond donors (Lipinski definition) is 1. The molecular weight excluding hydrogens is 445 g/mol. The third-order valence-electron chi connectivity index (χ3n) is 4.57. The number of benzene rings is 3. The van der Waals surface area contributed by atoms with Crippen LogP contribution in [0.15, 0.2) is 66.9 Å². The van der Waals surface area contributed by atoms with Gasteiger partial charge in [0.15, 0.2) is 0 Å². The summed E-state index contributed by atoms with van der Waals surface area (Å²) in [5.41, 5.74) is 2.69. The summed E-state index contributed by atoms with van der Waals surface area (Å²) in [4.78, 5) is 7.58. The number of ether oxygens (including phenoxy) is 2. The maximum absolute atomic E-state index is 13.9. The molecule has 0 aliphatic carbocycles. The lowest BCUT2D eigenvalue weighted by atomic mass is 10.1. The second-order valence-electron chi connectivity index (χ2n) is 6.54. The molecule has 0 saturated carbocycles. The number of aromatic nitrogens is 2. The zero-order valence-corrected chi connectivity index (χ0v) is 17.9. The van der Waals surface area contributed by atoms with Crippen molar-refractivity contribution in [3.8, 4) is 34.1 Å². The van der Waals surface area contributed by atoms with Gasteiger partial charge in [0.1, 0.15) is 35.6 Å². The van der Waals surface area contributed by atoms with Gasteiger partial charge in [-0.3, -0.25) is 0 Å². The van der Waals surface area contributed by atoms with E-state index in [4.69, 9.17) is 21.1 Å². The quantitative estimate of drug-likeness (QED) is 0.347. The number of nitrogens with zero attached hydrogens (tertiary/aromatic N) is 1. The van der Waals surface area contributed by atoms with Crippen molar-refractivity contribution in [3.05, 3.63) is 89.1 Å². The van der Waals surface area contributed by atoms with Crippen molar-refractivity contribution in [2.24, 2.45) is 0 Å². The van der Waals surface area contributed by atoms with Crippen LogP contribution in [0.25, 0.3) is 22.6 Å². The van der Waals surface area contributed by atoms with Crippen LogP contribution in [0.4, 0.5) is 8.78 Å². The Morgan fingerprint density at radius 1 is 1.00 bits per heavy atom. The van der Waals surface area contributed by atoms with Gasteiger partial charge in [0.2, 0.25) is 0 Å². The van der Waals surface area contributed by atoms with E-state index in [9.17, 15) is 8.78 Å². The molecule has 0 atom stereocenters. The average Bonchev–Trinajstić information content (AvgIpc) is 3.23. The van der Waals surface area contributed by atoms with Crippen molar-refractivity contribution in [2.75, 3.05) is 7.11 Å². The van der Waals surface area contributed by atoms with E-state index in [0.29, 0.717) is 27.9 Å². The fourth-order valence-corrected chi connectivity index (χ4v) is 3.15. The number of halogens is 4. The number of aromatic amines is 1. The lowest BCUT2D eigenvalue weighted by Gasteiger charge is -2.11. The van der Waals surface area contributed by atoms with E-state index in [-0.39, 0.29) is 24.8 Å². The molecule has 0 aliphatic heterocycles. The summed E-state index contributed by atoms with van der Waals surface area (Å²) in [5, 5.41) is 0.335. The molecule has 0 bridgehead atoms. The van der Waals surface area contributed by atoms with Gasteiger partial charge in [-0.05, 0) is 48.5 Å². The van der Waals surface area contributed by atoms with Crippen molar-refractivity contribution < 1.29 is 18.3 Å². The highest BCUT2D eigenvalue weighted by molar-refractivity contribution is 6.30. The van der Waals surface area contributed by atoms with Crippen molar-refractivity contribution >= 4 is 24.0 Å². The fourth-order valence-electron chi connectivity index (χ4n) is 3.00. The number of nitrogens with one attached hydrogen (secondary N) is 1. The summed E-state index contributed by atoms with van der Waals surface area (Å²) in [5.74, 6) is 0.991. The Labute approximate surface area is 189 Å². The minimum atomic E-state index is -0.420. The van der Waals surface area contributed by atoms with Crippen molar-refractivity contribution in [1.29, 1.82) is 0 Å². The summed E-state index contributed by atoms with van der Waals surface area (Å²) in [6.45, 7) is 0.0598. The number of rotatable bonds is 6. The van der Waals surface area contributed by atoms with Crippen LogP contribution >= 0.6 is 24.0 Å². The minimum Gasteiger partial charge on any atom is -0.496 e. The number of hydrogen-bond acceptors (Lipinski definition) is 3. The van der Waals surface area contributed by atoms with Crippen LogP contribution in [-0.2, 0) is 6.61 Å². The van der Waals surface area contributed by atoms with Gasteiger partial charge in [-0.2, -0.15) is 0 Å². The first-order chi connectivity index (χ1) is 14.5. The summed E-state index contributed by atoms with van der Waals surface area (Å²) in [7, 11) is 1.55. The monoisotopic (exact) mass is 462 g/mol. The molecule has 0 radical (unpaired) electrons. The molecule has 4 nitrogen and oxygen atoms in total. The lowest BCUT2D eigenvalue weighted by molar-refractivity contribution is 0.297. The second-order valence-corrected chi connectivity index (χ2v) is 6.98. The molecule has 160 valence electrons. The van der Waals surface area contributed by atoms with Crippen LogP contribution in [0.1, 0.15) is 5.56 Å². The van der Waals surface area contributed by atoms with Crippen molar-refractivity contribution in [1.82, 2.24) is 9.97 Å². The topological polar surface area (TPSA) is 47.1 Å². The van der Waals surface area contributed by atoms with Crippen molar-refractivity contribution in [2.45, 2.75) is 6.61 Å². The second kappa shape index (κ2) is 9.81. The standard InChI is InChI=1S/C23H17ClF2N2O2.ClH/c1-29-22-11-18(30-13-15-2-5-16(24)10-20(15)26)8-9-19(22)21-12-27-23(28-21)14-3-6-17(25)7-4-14;/h2-12H,13H2,1H3,(H,27,28);1H. The van der Waals surface area contributed by atoms with Gasteiger partial charge in [0, 0.05) is 27.8 Å². The van der Waals surface area contributed by atoms with Crippen LogP contribution in [-0.4, -0.2) is 17.1 Å². The maximum atomic E-state index is 13.9. The molecule has 31 heavy (non-hydrogen) atoms. The Kier molecular flexibility index (Phi) is 7.15. The van der Waals surface area contributed by atoms with Crippen LogP contribution < -0.4 is 9.47 Å². The van der Waals surface area contributed by atoms with Crippen LogP contribution in [0.2, 0.25) is 5.02 Å². The molecule has 0 aliphatic rings. The molecule has 0 spiro atoms. The third-order valence-corrected chi connectivity index (χ3v) is 4.80. The molecule has 1 heterocycles. The summed E-state index contributed by atoms with van der Waals surface area (Å²) in [6, 6.07) is 15.8. The lowest BCUT2D eigenvalue weighted by Crippen LogP contribution is -1.99. The van der Waals surface area contributed by atoms with Gasteiger partial charge in [-0.1, -0.05) is 17.7 Å². The summed E-state index contributed by atoms with van der Waals surface area (Å²) >= 11 is 5.77. The number of methoxy groups -OCH3 is 1. The Morgan fingerprint density at radius 3 is 2.48 bits per heavy atom. The van der Waals surface area contributed by atoms with E-state index in [1.165, 1.54) is 18.2 Å². The number of H-pyrrole nitrogens is 1. The molecular formula is C23H18Cl2F2N2O2. The fraction of sp³-hybridized carbons (Fsp3) is 0.0870. The van der Waals surface area contributed by atoms with E-state index < -0.39 is 5.82 Å². The first-order valence-corrected chi connectivity index (χ1v) is 9.47. The predicted octanol–water partition coefficient (Wildman–Crippen LogP) is 6.68. The first-order valence-electron chi connectivity index (χ1n) is 9.09. The van der Waals surface area contributed by atoms with Crippen molar-refractivity contribution in [3.63, 3.8) is 0 Å². The first kappa shape index (κ1) is 22.6. The Hall–Kier alpha value is -3.09. The van der Waals surface area contributed by atoms with Gasteiger partial charge in [-0.15, -0.1) is 12.4 Å². The Bertz CT molecular complexity index is 1180. The van der Waals surface area contributed by atoms with Gasteiger partial charge in [0.05, 0.1) is 19.0 Å². The SMILES string of the molecule is COc1cc(OCc2ccc(Cl)cc2F)ccc1-c1cnc(-c2ccc(F)cc2)[nH]1.Cl. The van der Waals surface area contributed by atoms with E-state index in [0.717, 1.165) is 16.8 Å².